The lowest BCUT2D eigenvalue weighted by atomic mass is 10.2. The number of rotatable bonds is 6. The van der Waals surface area contributed by atoms with Gasteiger partial charge in [0, 0.05) is 23.9 Å². The minimum absolute atomic E-state index is 0.168. The van der Waals surface area contributed by atoms with Crippen LogP contribution in [0.5, 0.6) is 11.5 Å². The number of amides is 1. The number of hydrogen-bond acceptors (Lipinski definition) is 5. The van der Waals surface area contributed by atoms with E-state index >= 15 is 0 Å². The van der Waals surface area contributed by atoms with Gasteiger partial charge in [0.2, 0.25) is 0 Å². The number of hydrogen-bond donors (Lipinski definition) is 2. The first-order valence-electron chi connectivity index (χ1n) is 8.25. The largest absolute Gasteiger partial charge is 0.494 e. The first-order valence-corrected chi connectivity index (χ1v) is 8.25. The van der Waals surface area contributed by atoms with Crippen LogP contribution in [0, 0.1) is 0 Å². The van der Waals surface area contributed by atoms with Crippen molar-refractivity contribution in [1.29, 1.82) is 0 Å². The number of benzene rings is 2. The maximum absolute atomic E-state index is 12.4. The molecular weight excluding hydrogens is 320 g/mol. The van der Waals surface area contributed by atoms with E-state index in [-0.39, 0.29) is 12.0 Å². The van der Waals surface area contributed by atoms with Gasteiger partial charge >= 0.3 is 0 Å². The average Bonchev–Trinajstić information content (AvgIpc) is 3.15. The standard InChI is InChI=1S/C19H22N2O4/c1-23-18-11-14(20)6-9-17(18)21-19(22)13-4-7-15(8-5-13)25-12-16-3-2-10-24-16/h4-9,11,16H,2-3,10,12,20H2,1H3,(H,21,22). The van der Waals surface area contributed by atoms with Crippen LogP contribution in [0.25, 0.3) is 0 Å². The third kappa shape index (κ3) is 4.42. The second-order valence-corrected chi connectivity index (χ2v) is 5.88. The van der Waals surface area contributed by atoms with Crippen LogP contribution in [-0.2, 0) is 4.74 Å². The Labute approximate surface area is 146 Å². The van der Waals surface area contributed by atoms with E-state index in [1.807, 2.05) is 0 Å². The first-order chi connectivity index (χ1) is 12.2. The summed E-state index contributed by atoms with van der Waals surface area (Å²) in [5.41, 5.74) is 7.39. The lowest BCUT2D eigenvalue weighted by Crippen LogP contribution is -2.16. The number of nitrogens with one attached hydrogen (secondary N) is 1. The van der Waals surface area contributed by atoms with Crippen molar-refractivity contribution in [3.63, 3.8) is 0 Å². The van der Waals surface area contributed by atoms with Gasteiger partial charge in [0.25, 0.3) is 5.91 Å². The molecule has 0 saturated carbocycles. The van der Waals surface area contributed by atoms with Gasteiger partial charge in [0.05, 0.1) is 18.9 Å². The summed E-state index contributed by atoms with van der Waals surface area (Å²) in [6, 6.07) is 12.1. The fourth-order valence-electron chi connectivity index (χ4n) is 2.67. The lowest BCUT2D eigenvalue weighted by molar-refractivity contribution is 0.0679. The zero-order chi connectivity index (χ0) is 17.6. The van der Waals surface area contributed by atoms with Gasteiger partial charge in [0.15, 0.2) is 0 Å². The monoisotopic (exact) mass is 342 g/mol. The predicted molar refractivity (Wildman–Crippen MR) is 96.3 cm³/mol. The smallest absolute Gasteiger partial charge is 0.255 e. The topological polar surface area (TPSA) is 82.8 Å². The molecule has 3 N–H and O–H groups in total. The number of ether oxygens (including phenoxy) is 3. The summed E-state index contributed by atoms with van der Waals surface area (Å²) in [5, 5.41) is 2.82. The van der Waals surface area contributed by atoms with Crippen LogP contribution in [0.4, 0.5) is 11.4 Å². The summed E-state index contributed by atoms with van der Waals surface area (Å²) < 4.78 is 16.5. The third-order valence-corrected chi connectivity index (χ3v) is 4.05. The van der Waals surface area contributed by atoms with Crippen LogP contribution in [0.3, 0.4) is 0 Å². The fraction of sp³-hybridized carbons (Fsp3) is 0.316. The van der Waals surface area contributed by atoms with Crippen molar-refractivity contribution in [3.8, 4) is 11.5 Å². The number of anilines is 2. The molecule has 25 heavy (non-hydrogen) atoms. The molecule has 132 valence electrons. The Morgan fingerprint density at radius 1 is 1.28 bits per heavy atom. The maximum atomic E-state index is 12.4. The molecule has 0 aliphatic carbocycles. The molecule has 6 nitrogen and oxygen atoms in total. The molecule has 1 unspecified atom stereocenters. The van der Waals surface area contributed by atoms with E-state index in [9.17, 15) is 4.79 Å². The second kappa shape index (κ2) is 7.90. The van der Waals surface area contributed by atoms with Crippen LogP contribution in [-0.4, -0.2) is 32.3 Å². The minimum atomic E-state index is -0.228. The van der Waals surface area contributed by atoms with Gasteiger partial charge in [-0.15, -0.1) is 0 Å². The number of methoxy groups -OCH3 is 1. The molecule has 0 radical (unpaired) electrons. The number of carbonyl (C=O) groups excluding carboxylic acids is 1. The van der Waals surface area contributed by atoms with Crippen LogP contribution in [0.2, 0.25) is 0 Å². The summed E-state index contributed by atoms with van der Waals surface area (Å²) in [5.74, 6) is 1.01. The van der Waals surface area contributed by atoms with Gasteiger partial charge in [0.1, 0.15) is 18.1 Å². The molecule has 1 fully saturated rings. The minimum Gasteiger partial charge on any atom is -0.494 e. The van der Waals surface area contributed by atoms with Crippen LogP contribution < -0.4 is 20.5 Å². The number of carbonyl (C=O) groups is 1. The Morgan fingerprint density at radius 3 is 2.76 bits per heavy atom. The van der Waals surface area contributed by atoms with Gasteiger partial charge < -0.3 is 25.3 Å². The summed E-state index contributed by atoms with van der Waals surface area (Å²) in [4.78, 5) is 12.4. The van der Waals surface area contributed by atoms with Crippen molar-refractivity contribution in [1.82, 2.24) is 0 Å². The molecule has 1 atom stereocenters. The summed E-state index contributed by atoms with van der Waals surface area (Å²) in [6.45, 7) is 1.34. The highest BCUT2D eigenvalue weighted by Crippen LogP contribution is 2.27. The molecule has 2 aromatic rings. The van der Waals surface area contributed by atoms with Crippen molar-refractivity contribution in [2.75, 3.05) is 31.4 Å². The molecule has 2 aromatic carbocycles. The molecule has 0 aromatic heterocycles. The number of nitrogen functional groups attached to an aromatic ring is 1. The Morgan fingerprint density at radius 2 is 2.08 bits per heavy atom. The van der Waals surface area contributed by atoms with Gasteiger partial charge in [-0.1, -0.05) is 0 Å². The lowest BCUT2D eigenvalue weighted by Gasteiger charge is -2.12. The van der Waals surface area contributed by atoms with Crippen molar-refractivity contribution in [3.05, 3.63) is 48.0 Å². The summed E-state index contributed by atoms with van der Waals surface area (Å²) >= 11 is 0. The maximum Gasteiger partial charge on any atom is 0.255 e. The summed E-state index contributed by atoms with van der Waals surface area (Å²) in [7, 11) is 1.53. The van der Waals surface area contributed by atoms with E-state index < -0.39 is 0 Å². The van der Waals surface area contributed by atoms with Crippen molar-refractivity contribution < 1.29 is 19.0 Å². The molecule has 3 rings (SSSR count). The molecule has 0 bridgehead atoms. The van der Waals surface area contributed by atoms with E-state index in [0.29, 0.717) is 29.3 Å². The highest BCUT2D eigenvalue weighted by molar-refractivity contribution is 6.05. The zero-order valence-corrected chi connectivity index (χ0v) is 14.2. The average molecular weight is 342 g/mol. The van der Waals surface area contributed by atoms with E-state index in [4.69, 9.17) is 19.9 Å². The Bertz CT molecular complexity index is 725. The first kappa shape index (κ1) is 17.1. The Balaban J connectivity index is 1.60. The molecule has 1 saturated heterocycles. The SMILES string of the molecule is COc1cc(N)ccc1NC(=O)c1ccc(OCC2CCCO2)cc1. The van der Waals surface area contributed by atoms with Gasteiger partial charge in [-0.3, -0.25) is 4.79 Å². The predicted octanol–water partition coefficient (Wildman–Crippen LogP) is 3.09. The molecule has 0 spiro atoms. The van der Waals surface area contributed by atoms with Gasteiger partial charge in [-0.25, -0.2) is 0 Å². The zero-order valence-electron chi connectivity index (χ0n) is 14.2. The fourth-order valence-corrected chi connectivity index (χ4v) is 2.67. The molecule has 6 heteroatoms. The summed E-state index contributed by atoms with van der Waals surface area (Å²) in [6.07, 6.45) is 2.28. The highest BCUT2D eigenvalue weighted by atomic mass is 16.5. The molecule has 1 heterocycles. The normalized spacial score (nSPS) is 16.4. The molecule has 1 aliphatic rings. The Hall–Kier alpha value is -2.73. The van der Waals surface area contributed by atoms with Crippen LogP contribution in [0.15, 0.2) is 42.5 Å². The highest BCUT2D eigenvalue weighted by Gasteiger charge is 2.16. The van der Waals surface area contributed by atoms with Crippen molar-refractivity contribution in [2.45, 2.75) is 18.9 Å². The van der Waals surface area contributed by atoms with E-state index in [1.54, 1.807) is 42.5 Å². The Kier molecular flexibility index (Phi) is 5.40. The van der Waals surface area contributed by atoms with Crippen molar-refractivity contribution in [2.24, 2.45) is 0 Å². The van der Waals surface area contributed by atoms with Crippen molar-refractivity contribution >= 4 is 17.3 Å². The second-order valence-electron chi connectivity index (χ2n) is 5.88. The molecule has 1 amide bonds. The van der Waals surface area contributed by atoms with Gasteiger partial charge in [-0.2, -0.15) is 0 Å². The number of nitrogens with two attached hydrogens (primary N) is 1. The van der Waals surface area contributed by atoms with E-state index in [2.05, 4.69) is 5.32 Å². The molecular formula is C19H22N2O4. The molecule has 1 aliphatic heterocycles. The van der Waals surface area contributed by atoms with Crippen LogP contribution >= 0.6 is 0 Å². The van der Waals surface area contributed by atoms with E-state index in [1.165, 1.54) is 7.11 Å². The quantitative estimate of drug-likeness (QED) is 0.788. The third-order valence-electron chi connectivity index (χ3n) is 4.05. The van der Waals surface area contributed by atoms with Gasteiger partial charge in [-0.05, 0) is 49.2 Å². The van der Waals surface area contributed by atoms with E-state index in [0.717, 1.165) is 25.2 Å². The van der Waals surface area contributed by atoms with Crippen LogP contribution in [0.1, 0.15) is 23.2 Å².